The Morgan fingerprint density at radius 2 is 0.833 bits per heavy atom. The molecule has 72 heavy (non-hydrogen) atoms. The minimum Gasteiger partial charge on any atom is -0.394 e. The van der Waals surface area contributed by atoms with Gasteiger partial charge in [-0.2, -0.15) is 0 Å². The number of allylic oxidation sites excluding steroid dienone is 19. The maximum absolute atomic E-state index is 13.0. The first kappa shape index (κ1) is 66.6. The summed E-state index contributed by atoms with van der Waals surface area (Å²) in [6.45, 7) is 3.50. The lowest BCUT2D eigenvalue weighted by Crippen LogP contribution is -2.60. The van der Waals surface area contributed by atoms with E-state index in [1.54, 1.807) is 6.08 Å². The van der Waals surface area contributed by atoms with Crippen molar-refractivity contribution in [2.24, 2.45) is 0 Å². The van der Waals surface area contributed by atoms with Crippen molar-refractivity contribution in [1.29, 1.82) is 0 Å². The average molecular weight is 1000 g/mol. The Morgan fingerprint density at radius 1 is 0.472 bits per heavy atom. The first-order valence-corrected chi connectivity index (χ1v) is 28.8. The van der Waals surface area contributed by atoms with Gasteiger partial charge in [-0.1, -0.05) is 232 Å². The highest BCUT2D eigenvalue weighted by Crippen LogP contribution is 2.23. The molecule has 0 radical (unpaired) electrons. The number of rotatable bonds is 47. The van der Waals surface area contributed by atoms with Gasteiger partial charge in [0.1, 0.15) is 24.4 Å². The number of amides is 1. The normalized spacial score (nSPS) is 20.1. The van der Waals surface area contributed by atoms with Crippen LogP contribution in [0.5, 0.6) is 0 Å². The Labute approximate surface area is 439 Å². The fourth-order valence-electron chi connectivity index (χ4n) is 8.29. The standard InChI is InChI=1S/C63H105NO8/c1-3-5-7-9-11-13-15-16-17-18-19-20-21-22-23-24-25-26-27-28-29-30-31-32-33-34-35-36-37-38-39-40-41-42-43-45-47-49-51-53-59(67)64-56(55-71-63-62(70)61(69)60(68)58(54-65)72-63)57(66)52-50-48-46-44-14-12-10-8-6-4-2/h5-8,11,13-14,16-17,19-20,22-23,25-26,28-29,44,50,52,56-58,60-63,65-66,68-70H,3-4,9-10,12,15,18,21,24,27,30-43,45-49,51,53-55H2,1-2H3,(H,64,67)/b7-5-,8-6+,13-11-,17-16-,20-19-,23-22-,26-25-,29-28-,44-14+,52-50+. The zero-order valence-electron chi connectivity index (χ0n) is 45.4. The Morgan fingerprint density at radius 3 is 1.28 bits per heavy atom. The van der Waals surface area contributed by atoms with Gasteiger partial charge in [0, 0.05) is 6.42 Å². The highest BCUT2D eigenvalue weighted by atomic mass is 16.7. The molecule has 0 aliphatic carbocycles. The fourth-order valence-corrected chi connectivity index (χ4v) is 8.29. The topological polar surface area (TPSA) is 149 Å². The maximum Gasteiger partial charge on any atom is 0.220 e. The van der Waals surface area contributed by atoms with E-state index in [2.05, 4.69) is 129 Å². The summed E-state index contributed by atoms with van der Waals surface area (Å²) in [5, 5.41) is 54.2. The van der Waals surface area contributed by atoms with Crippen molar-refractivity contribution in [3.05, 3.63) is 122 Å². The Balaban J connectivity index is 2.07. The van der Waals surface area contributed by atoms with E-state index in [9.17, 15) is 30.3 Å². The molecule has 1 amide bonds. The summed E-state index contributed by atoms with van der Waals surface area (Å²) in [5.41, 5.74) is 0. The Kier molecular flexibility index (Phi) is 47.3. The molecule has 0 saturated carbocycles. The first-order chi connectivity index (χ1) is 35.3. The van der Waals surface area contributed by atoms with Crippen molar-refractivity contribution in [2.45, 2.75) is 256 Å². The van der Waals surface area contributed by atoms with Crippen LogP contribution < -0.4 is 5.32 Å². The van der Waals surface area contributed by atoms with Crippen molar-refractivity contribution in [3.8, 4) is 0 Å². The predicted octanol–water partition coefficient (Wildman–Crippen LogP) is 14.3. The average Bonchev–Trinajstić information content (AvgIpc) is 3.38. The van der Waals surface area contributed by atoms with Crippen LogP contribution in [0.3, 0.4) is 0 Å². The molecule has 1 aliphatic heterocycles. The second kappa shape index (κ2) is 51.1. The summed E-state index contributed by atoms with van der Waals surface area (Å²) >= 11 is 0. The molecule has 0 aromatic heterocycles. The van der Waals surface area contributed by atoms with Crippen LogP contribution in [0.4, 0.5) is 0 Å². The molecule has 9 heteroatoms. The number of carbonyl (C=O) groups is 1. The van der Waals surface area contributed by atoms with Crippen molar-refractivity contribution in [2.75, 3.05) is 13.2 Å². The molecule has 0 bridgehead atoms. The molecule has 1 aliphatic rings. The molecular weight excluding hydrogens is 899 g/mol. The molecule has 410 valence electrons. The predicted molar refractivity (Wildman–Crippen MR) is 304 cm³/mol. The van der Waals surface area contributed by atoms with Gasteiger partial charge in [-0.25, -0.2) is 0 Å². The summed E-state index contributed by atoms with van der Waals surface area (Å²) < 4.78 is 11.2. The van der Waals surface area contributed by atoms with Gasteiger partial charge in [0.2, 0.25) is 5.91 Å². The Bertz CT molecular complexity index is 1540. The van der Waals surface area contributed by atoms with Crippen molar-refractivity contribution < 1.29 is 39.8 Å². The van der Waals surface area contributed by atoms with Crippen LogP contribution in [0.1, 0.15) is 213 Å². The largest absolute Gasteiger partial charge is 0.394 e. The third-order valence-corrected chi connectivity index (χ3v) is 12.8. The number of hydrogen-bond acceptors (Lipinski definition) is 8. The molecule has 0 aromatic rings. The molecule has 6 N–H and O–H groups in total. The Hall–Kier alpha value is -3.41. The second-order valence-corrected chi connectivity index (χ2v) is 19.3. The van der Waals surface area contributed by atoms with Gasteiger partial charge >= 0.3 is 0 Å². The third-order valence-electron chi connectivity index (χ3n) is 12.8. The lowest BCUT2D eigenvalue weighted by atomic mass is 9.99. The van der Waals surface area contributed by atoms with Gasteiger partial charge in [0.15, 0.2) is 6.29 Å². The zero-order chi connectivity index (χ0) is 52.2. The van der Waals surface area contributed by atoms with Gasteiger partial charge in [-0.3, -0.25) is 4.79 Å². The van der Waals surface area contributed by atoms with Gasteiger partial charge in [-0.15, -0.1) is 0 Å². The molecule has 1 saturated heterocycles. The zero-order valence-corrected chi connectivity index (χ0v) is 45.4. The quantitative estimate of drug-likeness (QED) is 0.0261. The van der Waals surface area contributed by atoms with Gasteiger partial charge < -0.3 is 40.3 Å². The number of aliphatic hydroxyl groups is 5. The molecule has 1 heterocycles. The number of carbonyl (C=O) groups excluding carboxylic acids is 1. The number of unbranched alkanes of at least 4 members (excludes halogenated alkanes) is 19. The van der Waals surface area contributed by atoms with E-state index in [0.717, 1.165) is 96.3 Å². The minimum absolute atomic E-state index is 0.197. The summed E-state index contributed by atoms with van der Waals surface area (Å²) in [6.07, 6.45) is 70.2. The van der Waals surface area contributed by atoms with E-state index in [1.165, 1.54) is 96.3 Å². The van der Waals surface area contributed by atoms with E-state index in [0.29, 0.717) is 6.42 Å². The van der Waals surface area contributed by atoms with Crippen molar-refractivity contribution in [3.63, 3.8) is 0 Å². The molecule has 7 atom stereocenters. The van der Waals surface area contributed by atoms with Crippen LogP contribution >= 0.6 is 0 Å². The van der Waals surface area contributed by atoms with E-state index in [4.69, 9.17) is 9.47 Å². The van der Waals surface area contributed by atoms with Crippen molar-refractivity contribution >= 4 is 5.91 Å². The van der Waals surface area contributed by atoms with Crippen molar-refractivity contribution in [1.82, 2.24) is 5.32 Å². The molecule has 1 fully saturated rings. The van der Waals surface area contributed by atoms with Crippen LogP contribution in [0.25, 0.3) is 0 Å². The van der Waals surface area contributed by atoms with E-state index < -0.39 is 49.5 Å². The third kappa shape index (κ3) is 40.0. The van der Waals surface area contributed by atoms with Gasteiger partial charge in [0.25, 0.3) is 0 Å². The van der Waals surface area contributed by atoms with Crippen LogP contribution in [-0.4, -0.2) is 87.5 Å². The highest BCUT2D eigenvalue weighted by molar-refractivity contribution is 5.76. The number of ether oxygens (including phenoxy) is 2. The van der Waals surface area contributed by atoms with Gasteiger partial charge in [-0.05, 0) is 96.3 Å². The lowest BCUT2D eigenvalue weighted by Gasteiger charge is -2.40. The van der Waals surface area contributed by atoms with Crippen LogP contribution in [0, 0.1) is 0 Å². The molecule has 1 rings (SSSR count). The highest BCUT2D eigenvalue weighted by Gasteiger charge is 2.44. The summed E-state index contributed by atoms with van der Waals surface area (Å²) in [5.74, 6) is -0.197. The van der Waals surface area contributed by atoms with Crippen LogP contribution in [0.15, 0.2) is 122 Å². The van der Waals surface area contributed by atoms with E-state index >= 15 is 0 Å². The van der Waals surface area contributed by atoms with E-state index in [-0.39, 0.29) is 12.5 Å². The van der Waals surface area contributed by atoms with E-state index in [1.807, 2.05) is 6.08 Å². The number of aliphatic hydroxyl groups excluding tert-OH is 5. The first-order valence-electron chi connectivity index (χ1n) is 28.8. The summed E-state index contributed by atoms with van der Waals surface area (Å²) in [7, 11) is 0. The smallest absolute Gasteiger partial charge is 0.220 e. The lowest BCUT2D eigenvalue weighted by molar-refractivity contribution is -0.302. The molecule has 9 nitrogen and oxygen atoms in total. The summed E-state index contributed by atoms with van der Waals surface area (Å²) in [6, 6.07) is -0.832. The molecular formula is C63H105NO8. The fraction of sp³-hybridized carbons (Fsp3) is 0.667. The minimum atomic E-state index is -1.58. The van der Waals surface area contributed by atoms with Crippen LogP contribution in [0.2, 0.25) is 0 Å². The monoisotopic (exact) mass is 1000 g/mol. The number of hydrogen-bond donors (Lipinski definition) is 6. The van der Waals surface area contributed by atoms with Crippen LogP contribution in [-0.2, 0) is 14.3 Å². The molecule has 0 aromatic carbocycles. The second-order valence-electron chi connectivity index (χ2n) is 19.3. The maximum atomic E-state index is 13.0. The molecule has 0 spiro atoms. The number of nitrogens with one attached hydrogen (secondary N) is 1. The summed E-state index contributed by atoms with van der Waals surface area (Å²) in [4.78, 5) is 13.0. The SMILES string of the molecule is CC/C=C\C/C=C\C/C=C\C/C=C\C/C=C\C/C=C\C/C=C\CCCCCCCCCCCCCCCCCCCC(=O)NC(COC1OC(CO)C(O)C(O)C1O)C(O)/C=C/CC/C=C/CC/C=C/CC. The van der Waals surface area contributed by atoms with Gasteiger partial charge in [0.05, 0.1) is 25.4 Å². The molecule has 7 unspecified atom stereocenters.